The van der Waals surface area contributed by atoms with Gasteiger partial charge in [0.15, 0.2) is 0 Å². The summed E-state index contributed by atoms with van der Waals surface area (Å²) in [7, 11) is 3.90. The number of anilines is 1. The summed E-state index contributed by atoms with van der Waals surface area (Å²) < 4.78 is 0. The van der Waals surface area contributed by atoms with E-state index in [-0.39, 0.29) is 16.9 Å². The lowest BCUT2D eigenvalue weighted by atomic mass is 9.77. The van der Waals surface area contributed by atoms with Crippen LogP contribution in [0.5, 0.6) is 0 Å². The van der Waals surface area contributed by atoms with E-state index in [0.29, 0.717) is 12.8 Å². The highest BCUT2D eigenvalue weighted by molar-refractivity contribution is 5.76. The molecule has 8 heteroatoms. The highest BCUT2D eigenvalue weighted by Crippen LogP contribution is 2.44. The molecule has 1 fully saturated rings. The highest BCUT2D eigenvalue weighted by atomic mass is 16.2. The van der Waals surface area contributed by atoms with Crippen LogP contribution in [0.15, 0.2) is 23.1 Å². The van der Waals surface area contributed by atoms with Crippen LogP contribution in [0.3, 0.4) is 0 Å². The molecule has 148 valence electrons. The molecule has 1 aliphatic heterocycles. The van der Waals surface area contributed by atoms with Crippen LogP contribution in [0.2, 0.25) is 0 Å². The molecular weight excluding hydrogens is 356 g/mol. The minimum atomic E-state index is -0.230. The molecule has 8 nitrogen and oxygen atoms in total. The fourth-order valence-corrected chi connectivity index (χ4v) is 4.40. The van der Waals surface area contributed by atoms with E-state index in [9.17, 15) is 9.59 Å². The van der Waals surface area contributed by atoms with Crippen LogP contribution in [-0.4, -0.2) is 58.2 Å². The van der Waals surface area contributed by atoms with Gasteiger partial charge in [0.05, 0.1) is 11.4 Å². The zero-order valence-electron chi connectivity index (χ0n) is 16.4. The van der Waals surface area contributed by atoms with Gasteiger partial charge in [0.2, 0.25) is 11.9 Å². The van der Waals surface area contributed by atoms with Gasteiger partial charge in [-0.2, -0.15) is 5.10 Å². The number of amides is 1. The predicted molar refractivity (Wildman–Crippen MR) is 105 cm³/mol. The molecule has 0 bridgehead atoms. The van der Waals surface area contributed by atoms with Gasteiger partial charge in [0.1, 0.15) is 0 Å². The Hall–Kier alpha value is -2.77. The number of H-pyrrole nitrogens is 1. The minimum Gasteiger partial charge on any atom is -0.347 e. The van der Waals surface area contributed by atoms with Crippen LogP contribution in [0, 0.1) is 0 Å². The Labute approximate surface area is 164 Å². The number of rotatable bonds is 4. The van der Waals surface area contributed by atoms with Crippen LogP contribution in [0.4, 0.5) is 5.95 Å². The van der Waals surface area contributed by atoms with E-state index in [1.807, 2.05) is 30.1 Å². The summed E-state index contributed by atoms with van der Waals surface area (Å²) >= 11 is 0. The molecule has 1 N–H and O–H groups in total. The van der Waals surface area contributed by atoms with E-state index < -0.39 is 0 Å². The standard InChI is InChI=1S/C20H26N6O2/c1-25(2)19-21-12-14-8-10-20(18(14)22-19)9-3-11-26(13-20)17(28)7-5-15-4-6-16(27)24-23-15/h4,6,12H,3,5,7-11,13H2,1-2H3,(H,24,27). The van der Waals surface area contributed by atoms with Crippen LogP contribution in [-0.2, 0) is 23.1 Å². The number of likely N-dealkylation sites (tertiary alicyclic amines) is 1. The molecule has 2 aliphatic rings. The molecule has 1 unspecified atom stereocenters. The molecule has 1 saturated heterocycles. The maximum Gasteiger partial charge on any atom is 0.264 e. The van der Waals surface area contributed by atoms with Crippen molar-refractivity contribution in [2.24, 2.45) is 0 Å². The molecular formula is C20H26N6O2. The average molecular weight is 382 g/mol. The molecule has 1 atom stereocenters. The Bertz CT molecular complexity index is 916. The topological polar surface area (TPSA) is 95.1 Å². The number of carbonyl (C=O) groups excluding carboxylic acids is 1. The van der Waals surface area contributed by atoms with E-state index in [0.717, 1.165) is 56.1 Å². The third kappa shape index (κ3) is 3.50. The summed E-state index contributed by atoms with van der Waals surface area (Å²) in [6.45, 7) is 1.52. The predicted octanol–water partition coefficient (Wildman–Crippen LogP) is 1.07. The second-order valence-corrected chi connectivity index (χ2v) is 8.05. The second kappa shape index (κ2) is 7.33. The van der Waals surface area contributed by atoms with Gasteiger partial charge in [-0.05, 0) is 37.3 Å². The van der Waals surface area contributed by atoms with E-state index in [2.05, 4.69) is 15.2 Å². The summed E-state index contributed by atoms with van der Waals surface area (Å²) in [5.41, 5.74) is 2.80. The number of hydrogen-bond donors (Lipinski definition) is 1. The Balaban J connectivity index is 1.48. The van der Waals surface area contributed by atoms with E-state index in [4.69, 9.17) is 4.98 Å². The van der Waals surface area contributed by atoms with Gasteiger partial charge in [0, 0.05) is 57.7 Å². The van der Waals surface area contributed by atoms with Crippen molar-refractivity contribution in [3.8, 4) is 0 Å². The van der Waals surface area contributed by atoms with Gasteiger partial charge in [-0.15, -0.1) is 0 Å². The lowest BCUT2D eigenvalue weighted by Crippen LogP contribution is -2.48. The Morgan fingerprint density at radius 3 is 2.93 bits per heavy atom. The van der Waals surface area contributed by atoms with Crippen molar-refractivity contribution in [2.45, 2.75) is 43.9 Å². The first kappa shape index (κ1) is 18.6. The average Bonchev–Trinajstić information content (AvgIpc) is 3.04. The largest absolute Gasteiger partial charge is 0.347 e. The number of aryl methyl sites for hydroxylation is 2. The van der Waals surface area contributed by atoms with Gasteiger partial charge in [-0.25, -0.2) is 15.1 Å². The molecule has 1 aliphatic carbocycles. The molecule has 0 aromatic carbocycles. The molecule has 0 saturated carbocycles. The maximum absolute atomic E-state index is 12.9. The lowest BCUT2D eigenvalue weighted by Gasteiger charge is -2.40. The zero-order valence-corrected chi connectivity index (χ0v) is 16.4. The number of aromatic amines is 1. The molecule has 1 amide bonds. The third-order valence-electron chi connectivity index (χ3n) is 5.89. The third-order valence-corrected chi connectivity index (χ3v) is 5.89. The first-order valence-corrected chi connectivity index (χ1v) is 9.83. The first-order valence-electron chi connectivity index (χ1n) is 9.83. The summed E-state index contributed by atoms with van der Waals surface area (Å²) in [5, 5.41) is 6.41. The quantitative estimate of drug-likeness (QED) is 0.850. The van der Waals surface area contributed by atoms with Crippen molar-refractivity contribution in [3.05, 3.63) is 45.6 Å². The minimum absolute atomic E-state index is 0.0484. The van der Waals surface area contributed by atoms with Gasteiger partial charge in [-0.1, -0.05) is 0 Å². The number of nitrogens with one attached hydrogen (secondary N) is 1. The van der Waals surface area contributed by atoms with E-state index >= 15 is 0 Å². The zero-order chi connectivity index (χ0) is 19.7. The lowest BCUT2D eigenvalue weighted by molar-refractivity contribution is -0.133. The van der Waals surface area contributed by atoms with Gasteiger partial charge in [0.25, 0.3) is 5.56 Å². The van der Waals surface area contributed by atoms with Gasteiger partial charge < -0.3 is 9.80 Å². The monoisotopic (exact) mass is 382 g/mol. The van der Waals surface area contributed by atoms with Gasteiger partial charge in [-0.3, -0.25) is 9.59 Å². The van der Waals surface area contributed by atoms with Crippen LogP contribution < -0.4 is 10.5 Å². The van der Waals surface area contributed by atoms with Crippen LogP contribution >= 0.6 is 0 Å². The number of piperidine rings is 1. The van der Waals surface area contributed by atoms with Crippen molar-refractivity contribution < 1.29 is 4.79 Å². The Kier molecular flexibility index (Phi) is 4.87. The smallest absolute Gasteiger partial charge is 0.264 e. The second-order valence-electron chi connectivity index (χ2n) is 8.05. The molecule has 2 aromatic rings. The first-order chi connectivity index (χ1) is 13.5. The van der Waals surface area contributed by atoms with Crippen molar-refractivity contribution in [1.82, 2.24) is 25.1 Å². The van der Waals surface area contributed by atoms with Crippen molar-refractivity contribution >= 4 is 11.9 Å². The van der Waals surface area contributed by atoms with Gasteiger partial charge >= 0.3 is 0 Å². The summed E-state index contributed by atoms with van der Waals surface area (Å²) in [6, 6.07) is 3.12. The SMILES string of the molecule is CN(C)c1ncc2c(n1)C1(CCCN(C(=O)CCc3ccc(=O)[nH]n3)C1)CC2. The Morgan fingerprint density at radius 1 is 1.32 bits per heavy atom. The number of nitrogens with zero attached hydrogens (tertiary/aromatic N) is 5. The molecule has 1 spiro atoms. The normalized spacial score (nSPS) is 21.0. The Morgan fingerprint density at radius 2 is 2.18 bits per heavy atom. The molecule has 3 heterocycles. The van der Waals surface area contributed by atoms with Crippen molar-refractivity contribution in [3.63, 3.8) is 0 Å². The highest BCUT2D eigenvalue weighted by Gasteiger charge is 2.44. The molecule has 4 rings (SSSR count). The van der Waals surface area contributed by atoms with Crippen LogP contribution in [0.1, 0.15) is 42.6 Å². The number of fused-ring (bicyclic) bond motifs is 2. The van der Waals surface area contributed by atoms with E-state index in [1.165, 1.54) is 11.6 Å². The summed E-state index contributed by atoms with van der Waals surface area (Å²) in [6.07, 6.45) is 6.94. The van der Waals surface area contributed by atoms with Crippen LogP contribution in [0.25, 0.3) is 0 Å². The fourth-order valence-electron chi connectivity index (χ4n) is 4.40. The van der Waals surface area contributed by atoms with Crippen molar-refractivity contribution in [1.29, 1.82) is 0 Å². The summed E-state index contributed by atoms with van der Waals surface area (Å²) in [5.74, 6) is 0.870. The fraction of sp³-hybridized carbons (Fsp3) is 0.550. The van der Waals surface area contributed by atoms with Crippen molar-refractivity contribution in [2.75, 3.05) is 32.1 Å². The van der Waals surface area contributed by atoms with E-state index in [1.54, 1.807) is 6.07 Å². The number of hydrogen-bond acceptors (Lipinski definition) is 6. The molecule has 28 heavy (non-hydrogen) atoms. The molecule has 0 radical (unpaired) electrons. The molecule has 2 aromatic heterocycles. The number of carbonyl (C=O) groups is 1. The summed E-state index contributed by atoms with van der Waals surface area (Å²) in [4.78, 5) is 37.2. The number of aromatic nitrogens is 4. The maximum atomic E-state index is 12.9.